The highest BCUT2D eigenvalue weighted by Gasteiger charge is 2.07. The molecule has 0 aliphatic rings. The molecular weight excluding hydrogens is 516 g/mol. The maximum Gasteiger partial charge on any atom is 0.306 e. The highest BCUT2D eigenvalue weighted by molar-refractivity contribution is 5.69. The fraction of sp³-hybridized carbons (Fsp3) is 0.974. The Morgan fingerprint density at radius 2 is 0.762 bits per heavy atom. The highest BCUT2D eigenvalue weighted by Crippen LogP contribution is 2.19. The Labute approximate surface area is 266 Å². The highest BCUT2D eigenvalue weighted by atomic mass is 16.5. The molecule has 0 saturated heterocycles. The van der Waals surface area contributed by atoms with Crippen LogP contribution in [0.3, 0.4) is 0 Å². The summed E-state index contributed by atoms with van der Waals surface area (Å²) in [6.07, 6.45) is 39.8. The van der Waals surface area contributed by atoms with E-state index in [0.717, 1.165) is 6.42 Å². The molecule has 0 radical (unpaired) electrons. The molecule has 0 heterocycles. The number of carbonyl (C=O) groups excluding carboxylic acids is 1. The van der Waals surface area contributed by atoms with E-state index in [4.69, 9.17) is 4.74 Å². The lowest BCUT2D eigenvalue weighted by Crippen LogP contribution is -2.10. The zero-order chi connectivity index (χ0) is 31.4. The molecule has 0 aliphatic heterocycles. The van der Waals surface area contributed by atoms with Gasteiger partial charge in [-0.15, -0.1) is 0 Å². The molecule has 1 unspecified atom stereocenters. The average Bonchev–Trinajstić information content (AvgIpc) is 2.97. The molecule has 0 saturated carbocycles. The van der Waals surface area contributed by atoms with E-state index in [1.54, 1.807) is 0 Å². The lowest BCUT2D eigenvalue weighted by molar-refractivity contribution is -0.147. The van der Waals surface area contributed by atoms with Crippen molar-refractivity contribution in [3.05, 3.63) is 0 Å². The maximum absolute atomic E-state index is 11.3. The average molecular weight is 597 g/mol. The quantitative estimate of drug-likeness (QED) is 0.0620. The summed E-state index contributed by atoms with van der Waals surface area (Å²) in [5.41, 5.74) is 0. The first-order valence-corrected chi connectivity index (χ1v) is 19.3. The second kappa shape index (κ2) is 38.5. The summed E-state index contributed by atoms with van der Waals surface area (Å²) in [5.74, 6) is 0.546. The van der Waals surface area contributed by atoms with Gasteiger partial charge in [0.05, 0.1) is 6.10 Å². The van der Waals surface area contributed by atoms with Gasteiger partial charge in [-0.25, -0.2) is 0 Å². The van der Waals surface area contributed by atoms with Crippen LogP contribution in [-0.4, -0.2) is 23.8 Å². The zero-order valence-electron chi connectivity index (χ0n) is 29.8. The van der Waals surface area contributed by atoms with E-state index in [2.05, 4.69) is 20.8 Å². The fourth-order valence-corrected chi connectivity index (χ4v) is 5.72. The van der Waals surface area contributed by atoms with Crippen molar-refractivity contribution in [2.75, 3.05) is 6.61 Å². The number of ether oxygens (including phenoxy) is 1. The Morgan fingerprint density at radius 1 is 0.476 bits per heavy atom. The molecule has 0 rings (SSSR count). The van der Waals surface area contributed by atoms with Gasteiger partial charge in [0.2, 0.25) is 0 Å². The van der Waals surface area contributed by atoms with Crippen LogP contribution >= 0.6 is 0 Å². The lowest BCUT2D eigenvalue weighted by Gasteiger charge is -2.13. The van der Waals surface area contributed by atoms with Gasteiger partial charge in [-0.3, -0.25) is 4.79 Å². The molecule has 1 atom stereocenters. The molecule has 0 spiro atoms. The van der Waals surface area contributed by atoms with Gasteiger partial charge in [0.1, 0.15) is 0 Å². The molecule has 42 heavy (non-hydrogen) atoms. The Kier molecular flexibility index (Phi) is 39.9. The number of unbranched alkanes of at least 4 members (excludes halogenated alkanes) is 24. The summed E-state index contributed by atoms with van der Waals surface area (Å²) in [7, 11) is 0. The first-order chi connectivity index (χ1) is 20.5. The summed E-state index contributed by atoms with van der Waals surface area (Å²) in [5, 5.41) is 9.47. The third-order valence-electron chi connectivity index (χ3n) is 8.54. The molecule has 0 fully saturated rings. The lowest BCUT2D eigenvalue weighted by atomic mass is 9.95. The predicted molar refractivity (Wildman–Crippen MR) is 187 cm³/mol. The van der Waals surface area contributed by atoms with Crippen LogP contribution in [0.5, 0.6) is 0 Å². The van der Waals surface area contributed by atoms with Gasteiger partial charge in [0.15, 0.2) is 0 Å². The smallest absolute Gasteiger partial charge is 0.306 e. The van der Waals surface area contributed by atoms with E-state index in [9.17, 15) is 9.90 Å². The summed E-state index contributed by atoms with van der Waals surface area (Å²) in [4.78, 5) is 11.3. The number of rotatable bonds is 32. The van der Waals surface area contributed by atoms with Gasteiger partial charge in [-0.1, -0.05) is 188 Å². The standard InChI is InChI=1S/C20H42O.C19H38O2/c1-3-5-7-9-11-12-14-16-18-20(19-21)17-15-13-10-8-6-4-2;1-4-5-6-7-8-9-10-11-12-13-14-15-16-17-19(20)21-18(2)3/h20-21H,3-19H2,1-2H3;18H,4-17H2,1-3H3. The summed E-state index contributed by atoms with van der Waals surface area (Å²) in [6, 6.07) is 0. The molecule has 3 heteroatoms. The molecule has 0 bridgehead atoms. The van der Waals surface area contributed by atoms with Crippen molar-refractivity contribution >= 4 is 5.97 Å². The van der Waals surface area contributed by atoms with Crippen molar-refractivity contribution < 1.29 is 14.6 Å². The maximum atomic E-state index is 11.3. The zero-order valence-corrected chi connectivity index (χ0v) is 29.8. The predicted octanol–water partition coefficient (Wildman–Crippen LogP) is 13.3. The summed E-state index contributed by atoms with van der Waals surface area (Å²) in [6.45, 7) is 11.0. The Bertz CT molecular complexity index is 490. The Hall–Kier alpha value is -0.570. The van der Waals surface area contributed by atoms with Crippen LogP contribution in [-0.2, 0) is 9.53 Å². The van der Waals surface area contributed by atoms with Gasteiger partial charge in [0, 0.05) is 13.0 Å². The molecule has 1 N–H and O–H groups in total. The molecule has 0 amide bonds. The van der Waals surface area contributed by atoms with Crippen LogP contribution in [0, 0.1) is 5.92 Å². The van der Waals surface area contributed by atoms with Gasteiger partial charge in [0.25, 0.3) is 0 Å². The number of esters is 1. The Balaban J connectivity index is 0. The second-order valence-corrected chi connectivity index (χ2v) is 13.4. The minimum absolute atomic E-state index is 0.0273. The van der Waals surface area contributed by atoms with Crippen LogP contribution in [0.2, 0.25) is 0 Å². The van der Waals surface area contributed by atoms with Crippen molar-refractivity contribution in [1.29, 1.82) is 0 Å². The van der Waals surface area contributed by atoms with Crippen molar-refractivity contribution in [3.63, 3.8) is 0 Å². The molecule has 0 aromatic carbocycles. The van der Waals surface area contributed by atoms with Gasteiger partial charge in [-0.2, -0.15) is 0 Å². The number of carbonyl (C=O) groups is 1. The van der Waals surface area contributed by atoms with E-state index in [0.29, 0.717) is 18.9 Å². The third-order valence-corrected chi connectivity index (χ3v) is 8.54. The Morgan fingerprint density at radius 3 is 1.05 bits per heavy atom. The molecular formula is C39H80O3. The van der Waals surface area contributed by atoms with Crippen molar-refractivity contribution in [2.45, 2.75) is 233 Å². The second-order valence-electron chi connectivity index (χ2n) is 13.4. The largest absolute Gasteiger partial charge is 0.463 e. The van der Waals surface area contributed by atoms with Gasteiger partial charge >= 0.3 is 5.97 Å². The monoisotopic (exact) mass is 597 g/mol. The van der Waals surface area contributed by atoms with E-state index < -0.39 is 0 Å². The topological polar surface area (TPSA) is 46.5 Å². The van der Waals surface area contributed by atoms with Crippen molar-refractivity contribution in [1.82, 2.24) is 0 Å². The molecule has 0 aliphatic carbocycles. The third kappa shape index (κ3) is 39.4. The van der Waals surface area contributed by atoms with Crippen LogP contribution in [0.25, 0.3) is 0 Å². The first-order valence-electron chi connectivity index (χ1n) is 19.3. The van der Waals surface area contributed by atoms with Gasteiger partial charge < -0.3 is 9.84 Å². The normalized spacial score (nSPS) is 11.9. The fourth-order valence-electron chi connectivity index (χ4n) is 5.72. The van der Waals surface area contributed by atoms with E-state index in [-0.39, 0.29) is 12.1 Å². The van der Waals surface area contributed by atoms with Crippen LogP contribution in [0.1, 0.15) is 227 Å². The van der Waals surface area contributed by atoms with Gasteiger partial charge in [-0.05, 0) is 39.0 Å². The van der Waals surface area contributed by atoms with Crippen molar-refractivity contribution in [2.24, 2.45) is 5.92 Å². The van der Waals surface area contributed by atoms with Crippen molar-refractivity contribution in [3.8, 4) is 0 Å². The SMILES string of the molecule is CCCCCCCCCCC(CO)CCCCCCCC.CCCCCCCCCCCCCCCC(=O)OC(C)C. The number of hydrogen-bond acceptors (Lipinski definition) is 3. The number of aliphatic hydroxyl groups excluding tert-OH is 1. The summed E-state index contributed by atoms with van der Waals surface area (Å²) >= 11 is 0. The molecule has 0 aromatic rings. The van der Waals surface area contributed by atoms with E-state index in [1.165, 1.54) is 180 Å². The first kappa shape index (κ1) is 43.6. The molecule has 3 nitrogen and oxygen atoms in total. The molecule has 254 valence electrons. The van der Waals surface area contributed by atoms with E-state index >= 15 is 0 Å². The summed E-state index contributed by atoms with van der Waals surface area (Å²) < 4.78 is 5.12. The molecule has 0 aromatic heterocycles. The van der Waals surface area contributed by atoms with Crippen LogP contribution in [0.15, 0.2) is 0 Å². The van der Waals surface area contributed by atoms with E-state index in [1.807, 2.05) is 13.8 Å². The minimum atomic E-state index is -0.0342. The van der Waals surface area contributed by atoms with Crippen LogP contribution < -0.4 is 0 Å². The number of aliphatic hydroxyl groups is 1. The number of hydrogen-bond donors (Lipinski definition) is 1. The van der Waals surface area contributed by atoms with Crippen LogP contribution in [0.4, 0.5) is 0 Å². The minimum Gasteiger partial charge on any atom is -0.463 e.